The summed E-state index contributed by atoms with van der Waals surface area (Å²) in [4.78, 5) is 12.1. The molecule has 5 nitrogen and oxygen atoms in total. The zero-order valence-corrected chi connectivity index (χ0v) is 14.4. The van der Waals surface area contributed by atoms with Crippen LogP contribution in [0.5, 0.6) is 0 Å². The molecule has 2 rings (SSSR count). The van der Waals surface area contributed by atoms with E-state index in [9.17, 15) is 13.2 Å². The van der Waals surface area contributed by atoms with Gasteiger partial charge in [-0.15, -0.1) is 0 Å². The topological polar surface area (TPSA) is 69.7 Å². The van der Waals surface area contributed by atoms with Gasteiger partial charge >= 0.3 is 5.97 Å². The lowest BCUT2D eigenvalue weighted by molar-refractivity contribution is -0.151. The summed E-state index contributed by atoms with van der Waals surface area (Å²) in [7, 11) is -3.43. The third-order valence-electron chi connectivity index (χ3n) is 4.32. The summed E-state index contributed by atoms with van der Waals surface area (Å²) in [6.07, 6.45) is 3.72. The van der Waals surface area contributed by atoms with Crippen molar-refractivity contribution in [1.82, 2.24) is 0 Å². The molecular weight excluding hydrogens is 316 g/mol. The molecule has 0 saturated heterocycles. The number of carbonyl (C=O) groups excluding carboxylic acids is 1. The highest BCUT2D eigenvalue weighted by molar-refractivity contribution is 7.86. The zero-order valence-electron chi connectivity index (χ0n) is 13.6. The van der Waals surface area contributed by atoms with Crippen molar-refractivity contribution >= 4 is 16.1 Å². The zero-order chi connectivity index (χ0) is 16.9. The average molecular weight is 340 g/mol. The maximum Gasteiger partial charge on any atom is 0.309 e. The Kier molecular flexibility index (Phi) is 6.18. The first-order chi connectivity index (χ1) is 10.8. The molecule has 1 aliphatic carbocycles. The number of hydrogen-bond acceptors (Lipinski definition) is 5. The Labute approximate surface area is 138 Å². The predicted molar refractivity (Wildman–Crippen MR) is 87.1 cm³/mol. The number of ether oxygens (including phenoxy) is 1. The molecule has 1 fully saturated rings. The van der Waals surface area contributed by atoms with Gasteiger partial charge in [-0.1, -0.05) is 30.3 Å². The summed E-state index contributed by atoms with van der Waals surface area (Å²) in [5.41, 5.74) is 0.977. The van der Waals surface area contributed by atoms with Gasteiger partial charge in [0.15, 0.2) is 0 Å². The highest BCUT2D eigenvalue weighted by Crippen LogP contribution is 2.33. The summed E-state index contributed by atoms with van der Waals surface area (Å²) < 4.78 is 32.8. The standard InChI is InChI=1S/C17H24O5S/c1-13(22-23(2,19)20)15-8-10-16(11-9-15)17(18)21-12-14-6-4-3-5-7-14/h3-7,13,15-16H,8-12H2,1-2H3/t13?,15-,16-. The fourth-order valence-corrected chi connectivity index (χ4v) is 3.73. The minimum atomic E-state index is -3.43. The van der Waals surface area contributed by atoms with E-state index in [0.29, 0.717) is 6.61 Å². The number of hydrogen-bond donors (Lipinski definition) is 0. The summed E-state index contributed by atoms with van der Waals surface area (Å²) in [6, 6.07) is 9.60. The number of benzene rings is 1. The maximum atomic E-state index is 12.1. The molecule has 0 heterocycles. The van der Waals surface area contributed by atoms with E-state index in [1.165, 1.54) is 0 Å². The van der Waals surface area contributed by atoms with Crippen molar-refractivity contribution in [3.63, 3.8) is 0 Å². The SMILES string of the molecule is CC(OS(C)(=O)=O)[C@H]1CC[C@H](C(=O)OCc2ccccc2)CC1. The van der Waals surface area contributed by atoms with E-state index in [1.807, 2.05) is 30.3 Å². The normalized spacial score (nSPS) is 23.2. The van der Waals surface area contributed by atoms with Gasteiger partial charge in [-0.3, -0.25) is 8.98 Å². The Bertz CT molecular complexity index is 603. The molecule has 128 valence electrons. The first-order valence-corrected chi connectivity index (χ1v) is 9.75. The first kappa shape index (κ1) is 17.9. The van der Waals surface area contributed by atoms with Gasteiger partial charge in [0.1, 0.15) is 6.61 Å². The molecule has 0 amide bonds. The number of rotatable bonds is 6. The number of esters is 1. The third-order valence-corrected chi connectivity index (χ3v) is 4.97. The summed E-state index contributed by atoms with van der Waals surface area (Å²) in [6.45, 7) is 2.08. The molecule has 0 spiro atoms. The van der Waals surface area contributed by atoms with Crippen LogP contribution in [0.2, 0.25) is 0 Å². The smallest absolute Gasteiger partial charge is 0.309 e. The quantitative estimate of drug-likeness (QED) is 0.588. The highest BCUT2D eigenvalue weighted by Gasteiger charge is 2.31. The largest absolute Gasteiger partial charge is 0.461 e. The molecule has 0 aromatic heterocycles. The van der Waals surface area contributed by atoms with Gasteiger partial charge in [-0.25, -0.2) is 0 Å². The molecule has 6 heteroatoms. The Balaban J connectivity index is 1.76. The van der Waals surface area contributed by atoms with Crippen LogP contribution in [0.15, 0.2) is 30.3 Å². The number of carbonyl (C=O) groups is 1. The molecule has 23 heavy (non-hydrogen) atoms. The van der Waals surface area contributed by atoms with Gasteiger partial charge in [0.2, 0.25) is 0 Å². The highest BCUT2D eigenvalue weighted by atomic mass is 32.2. The molecule has 1 atom stereocenters. The maximum absolute atomic E-state index is 12.1. The van der Waals surface area contributed by atoms with Crippen LogP contribution in [0.25, 0.3) is 0 Å². The van der Waals surface area contributed by atoms with Crippen LogP contribution < -0.4 is 0 Å². The van der Waals surface area contributed by atoms with E-state index < -0.39 is 10.1 Å². The molecule has 1 aromatic rings. The van der Waals surface area contributed by atoms with E-state index in [2.05, 4.69) is 0 Å². The van der Waals surface area contributed by atoms with Crippen LogP contribution in [-0.2, 0) is 30.4 Å². The Morgan fingerprint density at radius 3 is 2.35 bits per heavy atom. The van der Waals surface area contributed by atoms with Crippen molar-refractivity contribution in [3.8, 4) is 0 Å². The minimum Gasteiger partial charge on any atom is -0.461 e. The van der Waals surface area contributed by atoms with Crippen molar-refractivity contribution in [2.75, 3.05) is 6.26 Å². The van der Waals surface area contributed by atoms with Crippen LogP contribution >= 0.6 is 0 Å². The molecule has 1 unspecified atom stereocenters. The van der Waals surface area contributed by atoms with Crippen LogP contribution in [0.4, 0.5) is 0 Å². The fourth-order valence-electron chi connectivity index (χ4n) is 3.03. The lowest BCUT2D eigenvalue weighted by Crippen LogP contribution is -2.30. The molecule has 0 radical (unpaired) electrons. The first-order valence-electron chi connectivity index (χ1n) is 7.94. The molecular formula is C17H24O5S. The van der Waals surface area contributed by atoms with Crippen LogP contribution in [-0.4, -0.2) is 26.7 Å². The van der Waals surface area contributed by atoms with Gasteiger partial charge in [0, 0.05) is 0 Å². The third kappa shape index (κ3) is 5.95. The van der Waals surface area contributed by atoms with Gasteiger partial charge in [-0.2, -0.15) is 8.42 Å². The van der Waals surface area contributed by atoms with E-state index in [0.717, 1.165) is 37.5 Å². The van der Waals surface area contributed by atoms with Crippen molar-refractivity contribution < 1.29 is 22.1 Å². The summed E-state index contributed by atoms with van der Waals surface area (Å²) >= 11 is 0. The van der Waals surface area contributed by atoms with E-state index in [-0.39, 0.29) is 23.9 Å². The molecule has 0 N–H and O–H groups in total. The molecule has 0 aliphatic heterocycles. The summed E-state index contributed by atoms with van der Waals surface area (Å²) in [5, 5.41) is 0. The average Bonchev–Trinajstić information content (AvgIpc) is 2.52. The lowest BCUT2D eigenvalue weighted by atomic mass is 9.80. The Morgan fingerprint density at radius 2 is 1.78 bits per heavy atom. The van der Waals surface area contributed by atoms with Crippen molar-refractivity contribution in [3.05, 3.63) is 35.9 Å². The van der Waals surface area contributed by atoms with E-state index in [1.54, 1.807) is 6.92 Å². The van der Waals surface area contributed by atoms with Crippen LogP contribution in [0.3, 0.4) is 0 Å². The van der Waals surface area contributed by atoms with Gasteiger partial charge in [0.05, 0.1) is 18.3 Å². The second-order valence-corrected chi connectivity index (χ2v) is 7.81. The Morgan fingerprint density at radius 1 is 1.17 bits per heavy atom. The van der Waals surface area contributed by atoms with Crippen molar-refractivity contribution in [1.29, 1.82) is 0 Å². The van der Waals surface area contributed by atoms with Crippen LogP contribution in [0.1, 0.15) is 38.2 Å². The van der Waals surface area contributed by atoms with Crippen molar-refractivity contribution in [2.24, 2.45) is 11.8 Å². The van der Waals surface area contributed by atoms with Gasteiger partial charge < -0.3 is 4.74 Å². The predicted octanol–water partition coefficient (Wildman–Crippen LogP) is 2.90. The van der Waals surface area contributed by atoms with Crippen molar-refractivity contribution in [2.45, 2.75) is 45.3 Å². The monoisotopic (exact) mass is 340 g/mol. The molecule has 0 bridgehead atoms. The molecule has 1 aromatic carbocycles. The molecule has 1 saturated carbocycles. The minimum absolute atomic E-state index is 0.0969. The van der Waals surface area contributed by atoms with Crippen LogP contribution in [0, 0.1) is 11.8 Å². The molecule has 1 aliphatic rings. The fraction of sp³-hybridized carbons (Fsp3) is 0.588. The van der Waals surface area contributed by atoms with Gasteiger partial charge in [-0.05, 0) is 44.1 Å². The van der Waals surface area contributed by atoms with E-state index in [4.69, 9.17) is 8.92 Å². The summed E-state index contributed by atoms with van der Waals surface area (Å²) in [5.74, 6) is -0.0905. The second kappa shape index (κ2) is 7.93. The Hall–Kier alpha value is -1.40. The second-order valence-electron chi connectivity index (χ2n) is 6.21. The lowest BCUT2D eigenvalue weighted by Gasteiger charge is -2.30. The van der Waals surface area contributed by atoms with Gasteiger partial charge in [0.25, 0.3) is 10.1 Å². The van der Waals surface area contributed by atoms with E-state index >= 15 is 0 Å².